The molecular weight excluding hydrogens is 210 g/mol. The average molecular weight is 231 g/mol. The predicted molar refractivity (Wildman–Crippen MR) is 70.9 cm³/mol. The van der Waals surface area contributed by atoms with E-state index in [0.29, 0.717) is 11.6 Å². The number of anilines is 1. The first-order valence-electron chi connectivity index (χ1n) is 6.31. The summed E-state index contributed by atoms with van der Waals surface area (Å²) in [6.07, 6.45) is 4.90. The molecule has 0 aliphatic rings. The molecule has 1 N–H and O–H groups in total. The van der Waals surface area contributed by atoms with Gasteiger partial charge in [0, 0.05) is 11.7 Å². The van der Waals surface area contributed by atoms with Crippen LogP contribution in [0.3, 0.4) is 0 Å². The van der Waals surface area contributed by atoms with Gasteiger partial charge >= 0.3 is 0 Å². The second-order valence-corrected chi connectivity index (χ2v) is 4.54. The fourth-order valence-corrected chi connectivity index (χ4v) is 1.83. The number of hydrogen-bond acceptors (Lipinski definition) is 3. The second-order valence-electron chi connectivity index (χ2n) is 4.54. The summed E-state index contributed by atoms with van der Waals surface area (Å²) in [7, 11) is 0. The van der Waals surface area contributed by atoms with Crippen molar-refractivity contribution in [1.82, 2.24) is 4.98 Å². The van der Waals surface area contributed by atoms with Crippen LogP contribution in [0.25, 0.3) is 0 Å². The minimum absolute atomic E-state index is 0.405. The second kappa shape index (κ2) is 6.90. The van der Waals surface area contributed by atoms with Crippen LogP contribution in [0.1, 0.15) is 50.8 Å². The van der Waals surface area contributed by atoms with E-state index in [4.69, 9.17) is 5.26 Å². The highest BCUT2D eigenvalue weighted by Gasteiger charge is 2.04. The number of aromatic nitrogens is 1. The summed E-state index contributed by atoms with van der Waals surface area (Å²) in [5.41, 5.74) is 1.55. The minimum atomic E-state index is 0.405. The lowest BCUT2D eigenvalue weighted by molar-refractivity contribution is 0.613. The highest BCUT2D eigenvalue weighted by atomic mass is 15.0. The Morgan fingerprint density at radius 2 is 2.18 bits per heavy atom. The predicted octanol–water partition coefficient (Wildman–Crippen LogP) is 3.64. The van der Waals surface area contributed by atoms with Crippen LogP contribution in [0.2, 0.25) is 0 Å². The van der Waals surface area contributed by atoms with E-state index in [1.807, 2.05) is 13.0 Å². The van der Waals surface area contributed by atoms with E-state index in [0.717, 1.165) is 17.9 Å². The molecule has 17 heavy (non-hydrogen) atoms. The molecule has 0 aliphatic heterocycles. The maximum absolute atomic E-state index is 8.89. The first kappa shape index (κ1) is 13.5. The SMILES string of the molecule is CCCCCC(C)Nc1cc(C#N)cc(C)n1. The summed E-state index contributed by atoms with van der Waals surface area (Å²) < 4.78 is 0. The van der Waals surface area contributed by atoms with Crippen molar-refractivity contribution < 1.29 is 0 Å². The molecule has 1 atom stereocenters. The maximum atomic E-state index is 8.89. The highest BCUT2D eigenvalue weighted by molar-refractivity contribution is 5.44. The van der Waals surface area contributed by atoms with E-state index in [9.17, 15) is 0 Å². The smallest absolute Gasteiger partial charge is 0.127 e. The van der Waals surface area contributed by atoms with Gasteiger partial charge in [0.15, 0.2) is 0 Å². The van der Waals surface area contributed by atoms with Crippen molar-refractivity contribution in [2.75, 3.05) is 5.32 Å². The molecule has 0 aliphatic carbocycles. The third kappa shape index (κ3) is 4.86. The Morgan fingerprint density at radius 3 is 2.82 bits per heavy atom. The van der Waals surface area contributed by atoms with Crippen molar-refractivity contribution in [3.05, 3.63) is 23.4 Å². The zero-order valence-electron chi connectivity index (χ0n) is 11.0. The number of nitrogens with one attached hydrogen (secondary N) is 1. The standard InChI is InChI=1S/C14H21N3/c1-4-5-6-7-11(2)16-14-9-13(10-15)8-12(3)17-14/h8-9,11H,4-7H2,1-3H3,(H,16,17). The highest BCUT2D eigenvalue weighted by Crippen LogP contribution is 2.12. The van der Waals surface area contributed by atoms with E-state index < -0.39 is 0 Å². The first-order chi connectivity index (χ1) is 8.15. The number of nitriles is 1. The zero-order chi connectivity index (χ0) is 12.7. The Bertz CT molecular complexity index is 393. The molecule has 0 amide bonds. The van der Waals surface area contributed by atoms with Crippen LogP contribution < -0.4 is 5.32 Å². The summed E-state index contributed by atoms with van der Waals surface area (Å²) in [5, 5.41) is 12.2. The molecule has 92 valence electrons. The van der Waals surface area contributed by atoms with Crippen molar-refractivity contribution in [2.45, 2.75) is 52.5 Å². The van der Waals surface area contributed by atoms with Crippen LogP contribution in [-0.4, -0.2) is 11.0 Å². The first-order valence-corrected chi connectivity index (χ1v) is 6.31. The molecule has 0 spiro atoms. The molecule has 3 nitrogen and oxygen atoms in total. The van der Waals surface area contributed by atoms with Crippen molar-refractivity contribution in [3.63, 3.8) is 0 Å². The number of aryl methyl sites for hydroxylation is 1. The van der Waals surface area contributed by atoms with Gasteiger partial charge in [-0.2, -0.15) is 5.26 Å². The fourth-order valence-electron chi connectivity index (χ4n) is 1.83. The summed E-state index contributed by atoms with van der Waals surface area (Å²) >= 11 is 0. The summed E-state index contributed by atoms with van der Waals surface area (Å²) in [6, 6.07) is 6.17. The molecule has 1 unspecified atom stereocenters. The van der Waals surface area contributed by atoms with E-state index >= 15 is 0 Å². The molecule has 0 saturated heterocycles. The number of unbranched alkanes of at least 4 members (excludes halogenated alkanes) is 2. The van der Waals surface area contributed by atoms with Gasteiger partial charge in [-0.3, -0.25) is 0 Å². The molecule has 0 fully saturated rings. The molecule has 1 aromatic heterocycles. The lowest BCUT2D eigenvalue weighted by Crippen LogP contribution is -2.16. The molecule has 3 heteroatoms. The third-order valence-corrected chi connectivity index (χ3v) is 2.72. The van der Waals surface area contributed by atoms with Gasteiger partial charge in [0.05, 0.1) is 11.6 Å². The Morgan fingerprint density at radius 1 is 1.41 bits per heavy atom. The molecule has 0 saturated carbocycles. The van der Waals surface area contributed by atoms with Gasteiger partial charge in [0.25, 0.3) is 0 Å². The molecule has 0 radical (unpaired) electrons. The van der Waals surface area contributed by atoms with Gasteiger partial charge < -0.3 is 5.32 Å². The number of pyridine rings is 1. The van der Waals surface area contributed by atoms with E-state index in [1.54, 1.807) is 6.07 Å². The summed E-state index contributed by atoms with van der Waals surface area (Å²) in [5.74, 6) is 0.811. The normalized spacial score (nSPS) is 11.9. The quantitative estimate of drug-likeness (QED) is 0.760. The van der Waals surface area contributed by atoms with Gasteiger partial charge in [0.2, 0.25) is 0 Å². The van der Waals surface area contributed by atoms with Gasteiger partial charge in [-0.25, -0.2) is 4.98 Å². The molecular formula is C14H21N3. The van der Waals surface area contributed by atoms with Gasteiger partial charge in [0.1, 0.15) is 5.82 Å². The molecule has 1 rings (SSSR count). The number of nitrogens with zero attached hydrogens (tertiary/aromatic N) is 2. The van der Waals surface area contributed by atoms with Crippen molar-refractivity contribution in [2.24, 2.45) is 0 Å². The van der Waals surface area contributed by atoms with Crippen molar-refractivity contribution >= 4 is 5.82 Å². The van der Waals surface area contributed by atoms with Gasteiger partial charge in [-0.05, 0) is 32.4 Å². The average Bonchev–Trinajstić information content (AvgIpc) is 2.28. The molecule has 1 aromatic rings. The van der Waals surface area contributed by atoms with Crippen LogP contribution in [0.15, 0.2) is 12.1 Å². The molecule has 1 heterocycles. The van der Waals surface area contributed by atoms with Crippen molar-refractivity contribution in [1.29, 1.82) is 5.26 Å². The Hall–Kier alpha value is -1.56. The van der Waals surface area contributed by atoms with E-state index in [-0.39, 0.29) is 0 Å². The Labute approximate surface area is 104 Å². The largest absolute Gasteiger partial charge is 0.368 e. The zero-order valence-corrected chi connectivity index (χ0v) is 11.0. The number of rotatable bonds is 6. The topological polar surface area (TPSA) is 48.7 Å². The van der Waals surface area contributed by atoms with Crippen LogP contribution >= 0.6 is 0 Å². The summed E-state index contributed by atoms with van der Waals surface area (Å²) in [6.45, 7) is 6.28. The Balaban J connectivity index is 2.56. The monoisotopic (exact) mass is 231 g/mol. The lowest BCUT2D eigenvalue weighted by Gasteiger charge is -2.14. The van der Waals surface area contributed by atoms with Crippen LogP contribution in [-0.2, 0) is 0 Å². The van der Waals surface area contributed by atoms with Crippen LogP contribution in [0.5, 0.6) is 0 Å². The van der Waals surface area contributed by atoms with Crippen molar-refractivity contribution in [3.8, 4) is 6.07 Å². The van der Waals surface area contributed by atoms with E-state index in [2.05, 4.69) is 30.2 Å². The Kier molecular flexibility index (Phi) is 5.48. The third-order valence-electron chi connectivity index (χ3n) is 2.72. The molecule has 0 aromatic carbocycles. The van der Waals surface area contributed by atoms with E-state index in [1.165, 1.54) is 19.3 Å². The number of hydrogen-bond donors (Lipinski definition) is 1. The van der Waals surface area contributed by atoms with Gasteiger partial charge in [-0.1, -0.05) is 26.2 Å². The van der Waals surface area contributed by atoms with Gasteiger partial charge in [-0.15, -0.1) is 0 Å². The molecule has 0 bridgehead atoms. The van der Waals surface area contributed by atoms with Crippen LogP contribution in [0, 0.1) is 18.3 Å². The fraction of sp³-hybridized carbons (Fsp3) is 0.571. The summed E-state index contributed by atoms with van der Waals surface area (Å²) in [4.78, 5) is 4.39. The van der Waals surface area contributed by atoms with Crippen LogP contribution in [0.4, 0.5) is 5.82 Å². The minimum Gasteiger partial charge on any atom is -0.368 e. The maximum Gasteiger partial charge on any atom is 0.127 e. The lowest BCUT2D eigenvalue weighted by atomic mass is 10.1.